The summed E-state index contributed by atoms with van der Waals surface area (Å²) in [5.74, 6) is -1.01. The summed E-state index contributed by atoms with van der Waals surface area (Å²) in [4.78, 5) is 24.5. The van der Waals surface area contributed by atoms with Crippen LogP contribution in [-0.4, -0.2) is 61.4 Å². The summed E-state index contributed by atoms with van der Waals surface area (Å²) in [6, 6.07) is 3.88. The van der Waals surface area contributed by atoms with Crippen LogP contribution in [0.25, 0.3) is 0 Å². The lowest BCUT2D eigenvalue weighted by Crippen LogP contribution is -2.34. The molecule has 1 aromatic rings. The Morgan fingerprint density at radius 3 is 2.72 bits per heavy atom. The van der Waals surface area contributed by atoms with Crippen LogP contribution < -0.4 is 10.6 Å². The van der Waals surface area contributed by atoms with Gasteiger partial charge >= 0.3 is 0 Å². The van der Waals surface area contributed by atoms with Gasteiger partial charge in [-0.05, 0) is 31.0 Å². The minimum atomic E-state index is -3.87. The van der Waals surface area contributed by atoms with Crippen molar-refractivity contribution < 1.29 is 23.1 Å². The lowest BCUT2D eigenvalue weighted by Gasteiger charge is -2.14. The van der Waals surface area contributed by atoms with E-state index in [1.807, 2.05) is 0 Å². The molecule has 0 radical (unpaired) electrons. The van der Waals surface area contributed by atoms with E-state index >= 15 is 0 Å². The number of rotatable bonds is 4. The van der Waals surface area contributed by atoms with E-state index in [1.54, 1.807) is 0 Å². The normalized spacial score (nSPS) is 27.4. The summed E-state index contributed by atoms with van der Waals surface area (Å²) < 4.78 is 26.1. The Bertz CT molecular complexity index is 849. The van der Waals surface area contributed by atoms with Crippen LogP contribution in [0.15, 0.2) is 23.1 Å². The number of hydrogen-bond acceptors (Lipinski definition) is 6. The predicted octanol–water partition coefficient (Wildman–Crippen LogP) is -0.696. The Morgan fingerprint density at radius 1 is 1.32 bits per heavy atom. The molecule has 0 bridgehead atoms. The number of aliphatic hydroxyl groups excluding tert-OH is 1. The molecule has 0 spiro atoms. The van der Waals surface area contributed by atoms with Crippen molar-refractivity contribution in [1.82, 2.24) is 14.9 Å². The molecule has 25 heavy (non-hydrogen) atoms. The first-order valence-electron chi connectivity index (χ1n) is 8.29. The monoisotopic (exact) mass is 365 g/mol. The number of nitrogens with one attached hydrogen (secondary N) is 2. The summed E-state index contributed by atoms with van der Waals surface area (Å²) in [6.45, 7) is 1.41. The minimum Gasteiger partial charge on any atom is -0.391 e. The van der Waals surface area contributed by atoms with Gasteiger partial charge in [0.1, 0.15) is 4.90 Å². The third-order valence-corrected chi connectivity index (χ3v) is 6.79. The van der Waals surface area contributed by atoms with Crippen LogP contribution in [0.3, 0.4) is 0 Å². The number of hydrogen-bond donors (Lipinski definition) is 3. The first-order valence-corrected chi connectivity index (χ1v) is 9.73. The van der Waals surface area contributed by atoms with Crippen molar-refractivity contribution in [2.24, 2.45) is 5.92 Å². The Kier molecular flexibility index (Phi) is 3.82. The van der Waals surface area contributed by atoms with Gasteiger partial charge in [0.2, 0.25) is 0 Å². The molecule has 3 N–H and O–H groups in total. The molecule has 9 heteroatoms. The molecule has 8 nitrogen and oxygen atoms in total. The van der Waals surface area contributed by atoms with E-state index in [0.29, 0.717) is 32.5 Å². The van der Waals surface area contributed by atoms with E-state index < -0.39 is 27.9 Å². The average Bonchev–Trinajstić information content (AvgIpc) is 3.28. The molecule has 2 unspecified atom stereocenters. The highest BCUT2D eigenvalue weighted by molar-refractivity contribution is 7.90. The van der Waals surface area contributed by atoms with Gasteiger partial charge in [0, 0.05) is 37.2 Å². The molecule has 2 aliphatic heterocycles. The van der Waals surface area contributed by atoms with Crippen molar-refractivity contribution in [3.05, 3.63) is 29.3 Å². The quantitative estimate of drug-likeness (QED) is 0.650. The molecule has 2 atom stereocenters. The van der Waals surface area contributed by atoms with Gasteiger partial charge in [-0.25, -0.2) is 12.7 Å². The maximum atomic E-state index is 12.6. The van der Waals surface area contributed by atoms with Gasteiger partial charge in [0.15, 0.2) is 0 Å². The van der Waals surface area contributed by atoms with Gasteiger partial charge in [-0.1, -0.05) is 0 Å². The number of fused-ring (bicyclic) bond motifs is 1. The first-order chi connectivity index (χ1) is 11.9. The summed E-state index contributed by atoms with van der Waals surface area (Å²) in [6.07, 6.45) is 0.860. The number of carbonyl (C=O) groups is 2. The average molecular weight is 365 g/mol. The second-order valence-corrected chi connectivity index (χ2v) is 8.53. The molecule has 4 rings (SSSR count). The van der Waals surface area contributed by atoms with Gasteiger partial charge in [-0.2, -0.15) is 0 Å². The smallest absolute Gasteiger partial charge is 0.269 e. The van der Waals surface area contributed by atoms with Crippen molar-refractivity contribution >= 4 is 21.8 Å². The van der Waals surface area contributed by atoms with E-state index in [0.717, 1.165) is 4.31 Å². The maximum Gasteiger partial charge on any atom is 0.269 e. The molecule has 2 heterocycles. The third-order valence-electron chi connectivity index (χ3n) is 4.92. The van der Waals surface area contributed by atoms with Crippen LogP contribution in [0.5, 0.6) is 0 Å². The molecule has 1 aliphatic carbocycles. The van der Waals surface area contributed by atoms with Crippen LogP contribution in [0.1, 0.15) is 33.6 Å². The number of β-amino-alcohol motifs (C(OH)–C–C–N with tert-alkyl or cyclic N) is 1. The van der Waals surface area contributed by atoms with Crippen molar-refractivity contribution in [2.75, 3.05) is 19.6 Å². The molecule has 134 valence electrons. The van der Waals surface area contributed by atoms with E-state index in [2.05, 4.69) is 10.6 Å². The van der Waals surface area contributed by atoms with Crippen molar-refractivity contribution in [3.63, 3.8) is 0 Å². The Hall–Kier alpha value is -1.97. The van der Waals surface area contributed by atoms with E-state index in [9.17, 15) is 23.1 Å². The van der Waals surface area contributed by atoms with Crippen LogP contribution in [-0.2, 0) is 10.0 Å². The summed E-state index contributed by atoms with van der Waals surface area (Å²) >= 11 is 0. The molecule has 1 aromatic carbocycles. The predicted molar refractivity (Wildman–Crippen MR) is 87.5 cm³/mol. The number of amides is 2. The third kappa shape index (κ3) is 2.72. The second-order valence-electron chi connectivity index (χ2n) is 6.74. The first kappa shape index (κ1) is 16.5. The molecule has 1 saturated carbocycles. The largest absolute Gasteiger partial charge is 0.391 e. The molecular weight excluding hydrogens is 346 g/mol. The summed E-state index contributed by atoms with van der Waals surface area (Å²) in [5.41, 5.74) is 0.312. The standard InChI is InChI=1S/C16H19N3O5S/c20-13-8-17-6-10(13)7-18-15(21)9-1-4-12-14(5-9)25(23,24)19(16(12)22)11-2-3-11/h1,4-5,10-11,13,17,20H,2-3,6-8H2,(H,18,21). The summed E-state index contributed by atoms with van der Waals surface area (Å²) in [5, 5.41) is 15.5. The fourth-order valence-electron chi connectivity index (χ4n) is 3.31. The van der Waals surface area contributed by atoms with Gasteiger partial charge in [0.25, 0.3) is 21.8 Å². The highest BCUT2D eigenvalue weighted by atomic mass is 32.2. The minimum absolute atomic E-state index is 0.0750. The Balaban J connectivity index is 1.54. The zero-order valence-corrected chi connectivity index (χ0v) is 14.3. The number of benzene rings is 1. The summed E-state index contributed by atoms with van der Waals surface area (Å²) in [7, 11) is -3.87. The SMILES string of the molecule is O=C(NCC1CNCC1O)c1ccc2c(c1)S(=O)(=O)N(C1CC1)C2=O. The van der Waals surface area contributed by atoms with Gasteiger partial charge < -0.3 is 15.7 Å². The number of sulfonamides is 1. The zero-order chi connectivity index (χ0) is 17.8. The highest BCUT2D eigenvalue weighted by Crippen LogP contribution is 2.39. The van der Waals surface area contributed by atoms with Crippen molar-refractivity contribution in [1.29, 1.82) is 0 Å². The molecule has 3 aliphatic rings. The molecule has 1 saturated heterocycles. The topological polar surface area (TPSA) is 116 Å². The Labute approximate surface area is 145 Å². The van der Waals surface area contributed by atoms with Crippen molar-refractivity contribution in [2.45, 2.75) is 29.9 Å². The second kappa shape index (κ2) is 5.79. The lowest BCUT2D eigenvalue weighted by atomic mass is 10.1. The molecule has 2 fully saturated rings. The van der Waals surface area contributed by atoms with E-state index in [4.69, 9.17) is 0 Å². The van der Waals surface area contributed by atoms with E-state index in [1.165, 1.54) is 18.2 Å². The highest BCUT2D eigenvalue weighted by Gasteiger charge is 2.48. The maximum absolute atomic E-state index is 12.6. The molecule has 0 aromatic heterocycles. The zero-order valence-electron chi connectivity index (χ0n) is 13.4. The van der Waals surface area contributed by atoms with Crippen molar-refractivity contribution in [3.8, 4) is 0 Å². The number of nitrogens with zero attached hydrogens (tertiary/aromatic N) is 1. The van der Waals surface area contributed by atoms with Gasteiger partial charge in [-0.3, -0.25) is 9.59 Å². The fourth-order valence-corrected chi connectivity index (χ4v) is 5.15. The molecule has 2 amide bonds. The lowest BCUT2D eigenvalue weighted by molar-refractivity contribution is 0.0862. The Morgan fingerprint density at radius 2 is 2.08 bits per heavy atom. The molecular formula is C16H19N3O5S. The van der Waals surface area contributed by atoms with Gasteiger partial charge in [0.05, 0.1) is 11.7 Å². The number of aliphatic hydroxyl groups is 1. The van der Waals surface area contributed by atoms with Crippen LogP contribution in [0, 0.1) is 5.92 Å². The van der Waals surface area contributed by atoms with Gasteiger partial charge in [-0.15, -0.1) is 0 Å². The van der Waals surface area contributed by atoms with E-state index in [-0.39, 0.29) is 28.0 Å². The van der Waals surface area contributed by atoms with Crippen LogP contribution >= 0.6 is 0 Å². The number of carbonyl (C=O) groups excluding carboxylic acids is 2. The van der Waals surface area contributed by atoms with Crippen LogP contribution in [0.2, 0.25) is 0 Å². The fraction of sp³-hybridized carbons (Fsp3) is 0.500. The van der Waals surface area contributed by atoms with Crippen LogP contribution in [0.4, 0.5) is 0 Å².